The first-order valence-electron chi connectivity index (χ1n) is 10.2. The van der Waals surface area contributed by atoms with Crippen molar-refractivity contribution in [3.63, 3.8) is 0 Å². The maximum Gasteiger partial charge on any atom is 0.241 e. The highest BCUT2D eigenvalue weighted by atomic mass is 35.5. The Morgan fingerprint density at radius 2 is 2.24 bits per heavy atom. The number of piperidine rings is 1. The predicted molar refractivity (Wildman–Crippen MR) is 109 cm³/mol. The molecule has 1 amide bonds. The van der Waals surface area contributed by atoms with Crippen molar-refractivity contribution in [1.82, 2.24) is 29.8 Å². The second kappa shape index (κ2) is 8.02. The van der Waals surface area contributed by atoms with Crippen LogP contribution in [-0.4, -0.2) is 69.3 Å². The van der Waals surface area contributed by atoms with Crippen molar-refractivity contribution in [2.24, 2.45) is 0 Å². The molecular weight excluding hydrogens is 397 g/mol. The van der Waals surface area contributed by atoms with E-state index in [1.165, 1.54) is 6.42 Å². The lowest BCUT2D eigenvalue weighted by molar-refractivity contribution is -0.122. The molecule has 0 spiro atoms. The van der Waals surface area contributed by atoms with Gasteiger partial charge in [-0.15, -0.1) is 5.10 Å². The molecule has 2 atom stereocenters. The molecule has 1 saturated carbocycles. The zero-order valence-corrected chi connectivity index (χ0v) is 17.5. The predicted octanol–water partition coefficient (Wildman–Crippen LogP) is 2.18. The van der Waals surface area contributed by atoms with Crippen molar-refractivity contribution in [1.29, 1.82) is 0 Å². The quantitative estimate of drug-likeness (QED) is 0.740. The minimum absolute atomic E-state index is 0.00942. The number of anilines is 1. The van der Waals surface area contributed by atoms with Crippen molar-refractivity contribution in [2.75, 3.05) is 32.0 Å². The Bertz CT molecular complexity index is 895. The van der Waals surface area contributed by atoms with Gasteiger partial charge in [0, 0.05) is 25.6 Å². The number of likely N-dealkylation sites (N-methyl/N-ethyl adjacent to an activating group) is 1. The van der Waals surface area contributed by atoms with E-state index in [1.54, 1.807) is 17.8 Å². The van der Waals surface area contributed by atoms with E-state index in [-0.39, 0.29) is 24.4 Å². The van der Waals surface area contributed by atoms with Crippen LogP contribution in [0.4, 0.5) is 10.3 Å². The van der Waals surface area contributed by atoms with Crippen molar-refractivity contribution in [3.8, 4) is 0 Å². The fourth-order valence-electron chi connectivity index (χ4n) is 4.32. The lowest BCUT2D eigenvalue weighted by atomic mass is 9.66. The number of hydrogen-bond acceptors (Lipinski definition) is 6. The summed E-state index contributed by atoms with van der Waals surface area (Å²) in [4.78, 5) is 22.3. The molecule has 2 aromatic heterocycles. The number of likely N-dealkylation sites (tertiary alicyclic amines) is 1. The molecule has 29 heavy (non-hydrogen) atoms. The standard InChI is InChI=1S/C19H27ClFN7O/c1-3-19(6-4-7-19)17-25-16(20)14-9-23-18(26-28(14)17)24-13-5-8-27(10-12(13)21)11-15(29)22-2/h9,12-13H,3-8,10-11H2,1-2H3,(H,22,29)(H,24,26)/t12-,13+/m1/s1. The van der Waals surface area contributed by atoms with E-state index in [2.05, 4.69) is 32.6 Å². The van der Waals surface area contributed by atoms with Gasteiger partial charge in [-0.05, 0) is 25.7 Å². The number of aromatic nitrogens is 4. The number of nitrogens with one attached hydrogen (secondary N) is 2. The van der Waals surface area contributed by atoms with Gasteiger partial charge in [-0.3, -0.25) is 9.69 Å². The third-order valence-electron chi connectivity index (χ3n) is 6.40. The van der Waals surface area contributed by atoms with Gasteiger partial charge in [-0.25, -0.2) is 18.9 Å². The normalized spacial score (nSPS) is 24.3. The average Bonchev–Trinajstić information content (AvgIpc) is 3.00. The van der Waals surface area contributed by atoms with Crippen LogP contribution in [0.25, 0.3) is 5.52 Å². The molecule has 0 bridgehead atoms. The number of imidazole rings is 1. The lowest BCUT2D eigenvalue weighted by Gasteiger charge is -2.39. The molecule has 0 aromatic carbocycles. The Labute approximate surface area is 174 Å². The molecule has 1 aliphatic heterocycles. The number of rotatable bonds is 6. The Morgan fingerprint density at radius 3 is 2.86 bits per heavy atom. The number of carbonyl (C=O) groups is 1. The first kappa shape index (κ1) is 20.3. The summed E-state index contributed by atoms with van der Waals surface area (Å²) in [6.45, 7) is 3.21. The van der Waals surface area contributed by atoms with Gasteiger partial charge in [0.25, 0.3) is 0 Å². The van der Waals surface area contributed by atoms with Crippen LogP contribution >= 0.6 is 11.6 Å². The second-order valence-corrected chi connectivity index (χ2v) is 8.41. The molecule has 10 heteroatoms. The van der Waals surface area contributed by atoms with Crippen LogP contribution in [0.1, 0.15) is 44.9 Å². The minimum Gasteiger partial charge on any atom is -0.358 e. The monoisotopic (exact) mass is 423 g/mol. The fourth-order valence-corrected chi connectivity index (χ4v) is 4.53. The summed E-state index contributed by atoms with van der Waals surface area (Å²) in [5.74, 6) is 1.13. The number of alkyl halides is 1. The molecular formula is C19H27ClFN7O. The highest BCUT2D eigenvalue weighted by molar-refractivity contribution is 6.32. The van der Waals surface area contributed by atoms with Gasteiger partial charge < -0.3 is 10.6 Å². The molecule has 2 N–H and O–H groups in total. The van der Waals surface area contributed by atoms with E-state index in [9.17, 15) is 9.18 Å². The fraction of sp³-hybridized carbons (Fsp3) is 0.684. The third kappa shape index (κ3) is 3.77. The zero-order valence-electron chi connectivity index (χ0n) is 16.8. The number of nitrogens with zero attached hydrogens (tertiary/aromatic N) is 5. The lowest BCUT2D eigenvalue weighted by Crippen LogP contribution is -2.50. The van der Waals surface area contributed by atoms with E-state index in [1.807, 2.05) is 4.90 Å². The number of fused-ring (bicyclic) bond motifs is 1. The van der Waals surface area contributed by atoms with Crippen molar-refractivity contribution < 1.29 is 9.18 Å². The molecule has 158 valence electrons. The van der Waals surface area contributed by atoms with E-state index in [4.69, 9.17) is 11.6 Å². The molecule has 2 fully saturated rings. The van der Waals surface area contributed by atoms with Crippen LogP contribution in [0.3, 0.4) is 0 Å². The van der Waals surface area contributed by atoms with Gasteiger partial charge in [0.05, 0.1) is 18.8 Å². The van der Waals surface area contributed by atoms with E-state index in [0.29, 0.717) is 29.6 Å². The van der Waals surface area contributed by atoms with Gasteiger partial charge in [-0.1, -0.05) is 24.9 Å². The SMILES string of the molecule is CCC1(c2nc(Cl)c3cnc(N[C@H]4CCN(CC(=O)NC)C[C@H]4F)nn23)CCC1. The Kier molecular flexibility index (Phi) is 5.61. The van der Waals surface area contributed by atoms with Gasteiger partial charge in [0.15, 0.2) is 5.15 Å². The van der Waals surface area contributed by atoms with Gasteiger partial charge >= 0.3 is 0 Å². The molecule has 8 nitrogen and oxygen atoms in total. The third-order valence-corrected chi connectivity index (χ3v) is 6.67. The highest BCUT2D eigenvalue weighted by Gasteiger charge is 2.41. The van der Waals surface area contributed by atoms with Crippen LogP contribution in [0, 0.1) is 0 Å². The maximum atomic E-state index is 14.7. The summed E-state index contributed by atoms with van der Waals surface area (Å²) >= 11 is 6.33. The molecule has 0 radical (unpaired) electrons. The van der Waals surface area contributed by atoms with E-state index < -0.39 is 12.2 Å². The number of amides is 1. The van der Waals surface area contributed by atoms with Crippen LogP contribution in [-0.2, 0) is 10.2 Å². The smallest absolute Gasteiger partial charge is 0.241 e. The topological polar surface area (TPSA) is 87.5 Å². The minimum atomic E-state index is -1.12. The summed E-state index contributed by atoms with van der Waals surface area (Å²) in [6.07, 6.45) is 5.39. The van der Waals surface area contributed by atoms with Crippen LogP contribution in [0.2, 0.25) is 5.15 Å². The Morgan fingerprint density at radius 1 is 1.45 bits per heavy atom. The second-order valence-electron chi connectivity index (χ2n) is 8.06. The van der Waals surface area contributed by atoms with E-state index in [0.717, 1.165) is 25.1 Å². The zero-order chi connectivity index (χ0) is 20.6. The summed E-state index contributed by atoms with van der Waals surface area (Å²) in [7, 11) is 1.58. The first-order valence-corrected chi connectivity index (χ1v) is 10.6. The van der Waals surface area contributed by atoms with Crippen molar-refractivity contribution in [3.05, 3.63) is 17.2 Å². The van der Waals surface area contributed by atoms with Crippen molar-refractivity contribution >= 4 is 29.0 Å². The van der Waals surface area contributed by atoms with E-state index >= 15 is 0 Å². The van der Waals surface area contributed by atoms with Gasteiger partial charge in [-0.2, -0.15) is 0 Å². The molecule has 3 heterocycles. The molecule has 1 saturated heterocycles. The maximum absolute atomic E-state index is 14.7. The summed E-state index contributed by atoms with van der Waals surface area (Å²) in [5, 5.41) is 10.7. The molecule has 1 aliphatic carbocycles. The summed E-state index contributed by atoms with van der Waals surface area (Å²) in [5.41, 5.74) is 0.680. The molecule has 2 aromatic rings. The van der Waals surface area contributed by atoms with Crippen LogP contribution < -0.4 is 10.6 Å². The van der Waals surface area contributed by atoms with Crippen molar-refractivity contribution in [2.45, 2.75) is 56.7 Å². The summed E-state index contributed by atoms with van der Waals surface area (Å²) < 4.78 is 16.5. The highest BCUT2D eigenvalue weighted by Crippen LogP contribution is 2.46. The van der Waals surface area contributed by atoms with Gasteiger partial charge in [0.1, 0.15) is 17.5 Å². The largest absolute Gasteiger partial charge is 0.358 e. The number of carbonyl (C=O) groups excluding carboxylic acids is 1. The molecule has 2 aliphatic rings. The van der Waals surface area contributed by atoms with Crippen LogP contribution in [0.5, 0.6) is 0 Å². The van der Waals surface area contributed by atoms with Crippen LogP contribution in [0.15, 0.2) is 6.20 Å². The molecule has 0 unspecified atom stereocenters. The first-order chi connectivity index (χ1) is 14.0. The number of halogens is 2. The van der Waals surface area contributed by atoms with Gasteiger partial charge in [0.2, 0.25) is 11.9 Å². The molecule has 4 rings (SSSR count). The summed E-state index contributed by atoms with van der Waals surface area (Å²) in [6, 6.07) is -0.403. The Hall–Kier alpha value is -2.00. The number of hydrogen-bond donors (Lipinski definition) is 2. The Balaban J connectivity index is 1.51. The average molecular weight is 424 g/mol.